The van der Waals surface area contributed by atoms with Gasteiger partial charge < -0.3 is 15.2 Å². The fourth-order valence-electron chi connectivity index (χ4n) is 2.28. The lowest BCUT2D eigenvalue weighted by atomic mass is 10.1. The fraction of sp³-hybridized carbons (Fsp3) is 0.0588. The van der Waals surface area contributed by atoms with Crippen molar-refractivity contribution in [3.63, 3.8) is 0 Å². The molecule has 0 fully saturated rings. The molecule has 0 unspecified atom stereocenters. The predicted octanol–water partition coefficient (Wildman–Crippen LogP) is 2.45. The van der Waals surface area contributed by atoms with Gasteiger partial charge in [0, 0.05) is 5.56 Å². The number of primary amides is 1. The Balaban J connectivity index is 1.92. The van der Waals surface area contributed by atoms with E-state index in [4.69, 9.17) is 26.8 Å². The molecule has 1 aromatic heterocycles. The van der Waals surface area contributed by atoms with Crippen molar-refractivity contribution in [2.24, 2.45) is 5.73 Å². The van der Waals surface area contributed by atoms with Gasteiger partial charge in [-0.2, -0.15) is 15.4 Å². The topological polar surface area (TPSA) is 120 Å². The Morgan fingerprint density at radius 2 is 1.88 bits per heavy atom. The van der Waals surface area contributed by atoms with Gasteiger partial charge in [-0.3, -0.25) is 4.79 Å². The zero-order valence-electron chi connectivity index (χ0n) is 13.5. The second-order valence-corrected chi connectivity index (χ2v) is 5.53. The summed E-state index contributed by atoms with van der Waals surface area (Å²) in [5.41, 5.74) is 6.27. The van der Waals surface area contributed by atoms with Gasteiger partial charge in [0.1, 0.15) is 5.69 Å². The molecule has 0 aliphatic rings. The van der Waals surface area contributed by atoms with E-state index in [2.05, 4.69) is 15.4 Å². The molecule has 2 aromatic carbocycles. The normalized spacial score (nSPS) is 10.4. The molecule has 0 bridgehead atoms. The van der Waals surface area contributed by atoms with Crippen LogP contribution in [0.3, 0.4) is 0 Å². The van der Waals surface area contributed by atoms with Crippen molar-refractivity contribution >= 4 is 23.5 Å². The van der Waals surface area contributed by atoms with Crippen molar-refractivity contribution in [2.75, 3.05) is 7.11 Å². The first-order valence-electron chi connectivity index (χ1n) is 7.37. The summed E-state index contributed by atoms with van der Waals surface area (Å²) >= 11 is 6.00. The maximum atomic E-state index is 12.3. The Bertz CT molecular complexity index is 986. The molecule has 0 aliphatic heterocycles. The molecule has 3 rings (SSSR count). The molecule has 0 saturated heterocycles. The van der Waals surface area contributed by atoms with Crippen LogP contribution in [-0.2, 0) is 0 Å². The zero-order chi connectivity index (χ0) is 18.7. The van der Waals surface area contributed by atoms with Crippen LogP contribution in [0, 0.1) is 0 Å². The molecule has 3 N–H and O–H groups in total. The largest absolute Gasteiger partial charge is 0.493 e. The lowest BCUT2D eigenvalue weighted by molar-refractivity contribution is 0.0729. The molecule has 0 saturated carbocycles. The number of carbonyl (C=O) groups is 2. The molecule has 0 radical (unpaired) electrons. The minimum Gasteiger partial charge on any atom is -0.493 e. The number of esters is 1. The van der Waals surface area contributed by atoms with Crippen LogP contribution >= 0.6 is 11.6 Å². The number of nitrogens with zero attached hydrogens (tertiary/aromatic N) is 2. The molecule has 3 aromatic rings. The smallest absolute Gasteiger partial charge is 0.345 e. The molecule has 1 amide bonds. The summed E-state index contributed by atoms with van der Waals surface area (Å²) in [6.07, 6.45) is 0. The summed E-state index contributed by atoms with van der Waals surface area (Å²) in [6.45, 7) is 0. The first-order chi connectivity index (χ1) is 12.5. The van der Waals surface area contributed by atoms with E-state index in [1.807, 2.05) is 0 Å². The van der Waals surface area contributed by atoms with Gasteiger partial charge in [-0.05, 0) is 30.3 Å². The van der Waals surface area contributed by atoms with Crippen molar-refractivity contribution in [3.05, 3.63) is 58.7 Å². The minimum atomic E-state index is -0.720. The molecular weight excluding hydrogens is 360 g/mol. The number of rotatable bonds is 5. The van der Waals surface area contributed by atoms with Crippen LogP contribution in [0.5, 0.6) is 11.5 Å². The number of halogens is 1. The highest BCUT2D eigenvalue weighted by atomic mass is 35.5. The number of nitrogens with one attached hydrogen (secondary N) is 1. The lowest BCUT2D eigenvalue weighted by Gasteiger charge is -2.11. The van der Waals surface area contributed by atoms with Gasteiger partial charge >= 0.3 is 5.97 Å². The monoisotopic (exact) mass is 372 g/mol. The van der Waals surface area contributed by atoms with Crippen molar-refractivity contribution in [1.29, 1.82) is 0 Å². The average Bonchev–Trinajstić information content (AvgIpc) is 3.12. The number of hydrogen-bond donors (Lipinski definition) is 2. The van der Waals surface area contributed by atoms with Crippen LogP contribution in [0.25, 0.3) is 11.3 Å². The third-order valence-corrected chi connectivity index (χ3v) is 3.84. The maximum Gasteiger partial charge on any atom is 0.345 e. The van der Waals surface area contributed by atoms with Crippen LogP contribution in [0.4, 0.5) is 0 Å². The number of aromatic amines is 1. The number of aromatic nitrogens is 3. The molecule has 0 atom stereocenters. The van der Waals surface area contributed by atoms with E-state index in [-0.39, 0.29) is 33.5 Å². The SMILES string of the molecule is COc1cc(-c2n[nH]nc2C(N)=O)ccc1OC(=O)c1ccccc1Cl. The van der Waals surface area contributed by atoms with Crippen molar-refractivity contribution in [2.45, 2.75) is 0 Å². The summed E-state index contributed by atoms with van der Waals surface area (Å²) in [5, 5.41) is 10.3. The number of H-pyrrole nitrogens is 1. The minimum absolute atomic E-state index is 0.00661. The fourth-order valence-corrected chi connectivity index (χ4v) is 2.50. The van der Waals surface area contributed by atoms with Gasteiger partial charge in [-0.25, -0.2) is 4.79 Å². The predicted molar refractivity (Wildman–Crippen MR) is 93.3 cm³/mol. The summed E-state index contributed by atoms with van der Waals surface area (Å²) in [7, 11) is 1.42. The Hall–Kier alpha value is -3.39. The van der Waals surface area contributed by atoms with E-state index in [1.54, 1.807) is 36.4 Å². The van der Waals surface area contributed by atoms with Crippen LogP contribution in [0.2, 0.25) is 5.02 Å². The molecule has 26 heavy (non-hydrogen) atoms. The third kappa shape index (κ3) is 3.35. The number of methoxy groups -OCH3 is 1. The van der Waals surface area contributed by atoms with E-state index in [1.165, 1.54) is 13.2 Å². The van der Waals surface area contributed by atoms with E-state index in [9.17, 15) is 9.59 Å². The number of carbonyl (C=O) groups excluding carboxylic acids is 2. The van der Waals surface area contributed by atoms with Crippen LogP contribution < -0.4 is 15.2 Å². The summed E-state index contributed by atoms with van der Waals surface area (Å²) in [5.74, 6) is -0.894. The van der Waals surface area contributed by atoms with Crippen LogP contribution in [0.15, 0.2) is 42.5 Å². The van der Waals surface area contributed by atoms with Crippen molar-refractivity contribution < 1.29 is 19.1 Å². The van der Waals surface area contributed by atoms with E-state index >= 15 is 0 Å². The third-order valence-electron chi connectivity index (χ3n) is 3.51. The Morgan fingerprint density at radius 3 is 2.58 bits per heavy atom. The highest BCUT2D eigenvalue weighted by Crippen LogP contribution is 2.33. The standard InChI is InChI=1S/C17H13ClN4O4/c1-25-13-8-9(14-15(16(19)23)21-22-20-14)6-7-12(13)26-17(24)10-4-2-3-5-11(10)18/h2-8H,1H3,(H2,19,23)(H,20,21,22). The number of hydrogen-bond acceptors (Lipinski definition) is 6. The summed E-state index contributed by atoms with van der Waals surface area (Å²) in [4.78, 5) is 23.7. The van der Waals surface area contributed by atoms with Crippen molar-refractivity contribution in [1.82, 2.24) is 15.4 Å². The van der Waals surface area contributed by atoms with Gasteiger partial charge in [0.05, 0.1) is 17.7 Å². The maximum absolute atomic E-state index is 12.3. The molecule has 0 aliphatic carbocycles. The van der Waals surface area contributed by atoms with Crippen LogP contribution in [0.1, 0.15) is 20.8 Å². The van der Waals surface area contributed by atoms with E-state index in [0.717, 1.165) is 0 Å². The van der Waals surface area contributed by atoms with Gasteiger partial charge in [-0.1, -0.05) is 23.7 Å². The number of amides is 1. The molecule has 9 heteroatoms. The Morgan fingerprint density at radius 1 is 1.12 bits per heavy atom. The Labute approximate surface area is 152 Å². The van der Waals surface area contributed by atoms with Gasteiger partial charge in [0.2, 0.25) is 0 Å². The zero-order valence-corrected chi connectivity index (χ0v) is 14.3. The highest BCUT2D eigenvalue weighted by molar-refractivity contribution is 6.33. The average molecular weight is 373 g/mol. The van der Waals surface area contributed by atoms with Gasteiger partial charge in [0.25, 0.3) is 5.91 Å². The molecule has 8 nitrogen and oxygen atoms in total. The second kappa shape index (κ2) is 7.24. The van der Waals surface area contributed by atoms with Gasteiger partial charge in [0.15, 0.2) is 17.2 Å². The molecule has 1 heterocycles. The molecular formula is C17H13ClN4O4. The lowest BCUT2D eigenvalue weighted by Crippen LogP contribution is -2.13. The number of benzene rings is 2. The molecule has 0 spiro atoms. The first kappa shape index (κ1) is 17.4. The molecule has 132 valence electrons. The highest BCUT2D eigenvalue weighted by Gasteiger charge is 2.19. The number of nitrogens with two attached hydrogens (primary N) is 1. The first-order valence-corrected chi connectivity index (χ1v) is 7.74. The summed E-state index contributed by atoms with van der Waals surface area (Å²) in [6, 6.07) is 11.2. The second-order valence-electron chi connectivity index (χ2n) is 5.12. The van der Waals surface area contributed by atoms with E-state index < -0.39 is 11.9 Å². The quantitative estimate of drug-likeness (QED) is 0.524. The summed E-state index contributed by atoms with van der Waals surface area (Å²) < 4.78 is 10.6. The van der Waals surface area contributed by atoms with Crippen molar-refractivity contribution in [3.8, 4) is 22.8 Å². The van der Waals surface area contributed by atoms with Crippen LogP contribution in [-0.4, -0.2) is 34.4 Å². The van der Waals surface area contributed by atoms with E-state index in [0.29, 0.717) is 5.56 Å². The van der Waals surface area contributed by atoms with Gasteiger partial charge in [-0.15, -0.1) is 0 Å². The number of ether oxygens (including phenoxy) is 2. The Kier molecular flexibility index (Phi) is 4.85.